The number of halogens is 5. The van der Waals surface area contributed by atoms with Gasteiger partial charge in [-0.2, -0.15) is 13.2 Å². The normalized spacial score (nSPS) is 11.4. The smallest absolute Gasteiger partial charge is 0.289 e. The van der Waals surface area contributed by atoms with Crippen molar-refractivity contribution in [1.29, 1.82) is 0 Å². The van der Waals surface area contributed by atoms with Gasteiger partial charge >= 0.3 is 6.18 Å². The Bertz CT molecular complexity index is 664. The predicted molar refractivity (Wildman–Crippen MR) is 66.3 cm³/mol. The average Bonchev–Trinajstić information content (AvgIpc) is 2.40. The molecule has 2 rings (SSSR count). The van der Waals surface area contributed by atoms with Crippen LogP contribution in [0.1, 0.15) is 21.5 Å². The van der Waals surface area contributed by atoms with Crippen molar-refractivity contribution >= 4 is 17.4 Å². The SMILES string of the molecule is O=C(c1cccc(C(F)(F)F)c1)c1ccc(Cl)c(F)c1. The van der Waals surface area contributed by atoms with E-state index in [0.717, 1.165) is 24.3 Å². The van der Waals surface area contributed by atoms with Crippen LogP contribution >= 0.6 is 11.6 Å². The van der Waals surface area contributed by atoms with Crippen LogP contribution in [0, 0.1) is 5.82 Å². The number of benzene rings is 2. The van der Waals surface area contributed by atoms with Gasteiger partial charge in [-0.3, -0.25) is 4.79 Å². The molecule has 6 heteroatoms. The molecular weight excluding hydrogens is 296 g/mol. The zero-order valence-corrected chi connectivity index (χ0v) is 10.6. The Morgan fingerprint density at radius 2 is 1.65 bits per heavy atom. The van der Waals surface area contributed by atoms with Crippen molar-refractivity contribution in [3.63, 3.8) is 0 Å². The van der Waals surface area contributed by atoms with Gasteiger partial charge in [-0.25, -0.2) is 4.39 Å². The lowest BCUT2D eigenvalue weighted by Crippen LogP contribution is -2.08. The molecule has 0 bridgehead atoms. The van der Waals surface area contributed by atoms with Crippen molar-refractivity contribution < 1.29 is 22.4 Å². The van der Waals surface area contributed by atoms with Crippen molar-refractivity contribution in [3.8, 4) is 0 Å². The summed E-state index contributed by atoms with van der Waals surface area (Å²) in [5.41, 5.74) is -1.16. The number of hydrogen-bond donors (Lipinski definition) is 0. The molecule has 2 aromatic rings. The molecule has 0 aliphatic heterocycles. The third-order valence-corrected chi connectivity index (χ3v) is 2.94. The molecule has 104 valence electrons. The van der Waals surface area contributed by atoms with Crippen LogP contribution in [0.3, 0.4) is 0 Å². The molecule has 0 N–H and O–H groups in total. The third-order valence-electron chi connectivity index (χ3n) is 2.63. The Morgan fingerprint density at radius 1 is 1.00 bits per heavy atom. The van der Waals surface area contributed by atoms with E-state index >= 15 is 0 Å². The van der Waals surface area contributed by atoms with Crippen molar-refractivity contribution in [1.82, 2.24) is 0 Å². The van der Waals surface area contributed by atoms with Crippen LogP contribution in [0.5, 0.6) is 0 Å². The van der Waals surface area contributed by atoms with E-state index in [1.165, 1.54) is 18.2 Å². The third kappa shape index (κ3) is 2.99. The number of ketones is 1. The van der Waals surface area contributed by atoms with Crippen LogP contribution in [0.25, 0.3) is 0 Å². The fourth-order valence-electron chi connectivity index (χ4n) is 1.64. The average molecular weight is 303 g/mol. The molecule has 0 spiro atoms. The van der Waals surface area contributed by atoms with Crippen LogP contribution < -0.4 is 0 Å². The molecule has 1 nitrogen and oxygen atoms in total. The van der Waals surface area contributed by atoms with Gasteiger partial charge in [0.2, 0.25) is 0 Å². The number of carbonyl (C=O) groups excluding carboxylic acids is 1. The number of carbonyl (C=O) groups is 1. The van der Waals surface area contributed by atoms with Crippen molar-refractivity contribution in [2.75, 3.05) is 0 Å². The standard InChI is InChI=1S/C14H7ClF4O/c15-11-5-4-9(7-12(11)16)13(20)8-2-1-3-10(6-8)14(17,18)19/h1-7H. The van der Waals surface area contributed by atoms with Crippen molar-refractivity contribution in [2.24, 2.45) is 0 Å². The van der Waals surface area contributed by atoms with E-state index in [1.54, 1.807) is 0 Å². The van der Waals surface area contributed by atoms with E-state index in [-0.39, 0.29) is 16.1 Å². The zero-order chi connectivity index (χ0) is 14.9. The molecule has 20 heavy (non-hydrogen) atoms. The highest BCUT2D eigenvalue weighted by Gasteiger charge is 2.31. The van der Waals surface area contributed by atoms with Crippen LogP contribution in [0.4, 0.5) is 17.6 Å². The Kier molecular flexibility index (Phi) is 3.81. The fraction of sp³-hybridized carbons (Fsp3) is 0.0714. The highest BCUT2D eigenvalue weighted by atomic mass is 35.5. The summed E-state index contributed by atoms with van der Waals surface area (Å²) in [5.74, 6) is -1.50. The van der Waals surface area contributed by atoms with E-state index in [0.29, 0.717) is 0 Å². The summed E-state index contributed by atoms with van der Waals surface area (Å²) >= 11 is 5.48. The summed E-state index contributed by atoms with van der Waals surface area (Å²) in [4.78, 5) is 12.0. The molecule has 0 saturated heterocycles. The molecule has 0 amide bonds. The minimum Gasteiger partial charge on any atom is -0.289 e. The van der Waals surface area contributed by atoms with Gasteiger partial charge in [0.05, 0.1) is 10.6 Å². The second-order valence-corrected chi connectivity index (χ2v) is 4.44. The maximum atomic E-state index is 13.3. The maximum absolute atomic E-state index is 13.3. The molecule has 0 aliphatic carbocycles. The van der Waals surface area contributed by atoms with Gasteiger partial charge in [-0.1, -0.05) is 23.7 Å². The molecule has 0 atom stereocenters. The zero-order valence-electron chi connectivity index (χ0n) is 9.84. The van der Waals surface area contributed by atoms with E-state index in [1.807, 2.05) is 0 Å². The molecule has 0 unspecified atom stereocenters. The van der Waals surface area contributed by atoms with Crippen LogP contribution in [-0.2, 0) is 6.18 Å². The second-order valence-electron chi connectivity index (χ2n) is 4.04. The molecule has 0 saturated carbocycles. The van der Waals surface area contributed by atoms with Gasteiger partial charge in [0.1, 0.15) is 5.82 Å². The largest absolute Gasteiger partial charge is 0.416 e. The van der Waals surface area contributed by atoms with E-state index in [9.17, 15) is 22.4 Å². The van der Waals surface area contributed by atoms with Gasteiger partial charge < -0.3 is 0 Å². The first-order chi connectivity index (χ1) is 9.29. The minimum atomic E-state index is -4.54. The van der Waals surface area contributed by atoms with Crippen molar-refractivity contribution in [2.45, 2.75) is 6.18 Å². The monoisotopic (exact) mass is 302 g/mol. The Hall–Kier alpha value is -1.88. The van der Waals surface area contributed by atoms with E-state index in [2.05, 4.69) is 0 Å². The first-order valence-electron chi connectivity index (χ1n) is 5.46. The maximum Gasteiger partial charge on any atom is 0.416 e. The molecule has 0 heterocycles. The summed E-state index contributed by atoms with van der Waals surface area (Å²) in [6.45, 7) is 0. The number of rotatable bonds is 2. The molecule has 2 aromatic carbocycles. The summed E-state index contributed by atoms with van der Waals surface area (Å²) in [5, 5.41) is -0.161. The van der Waals surface area contributed by atoms with Gasteiger partial charge in [-0.05, 0) is 30.3 Å². The lowest BCUT2D eigenvalue weighted by atomic mass is 10.0. The van der Waals surface area contributed by atoms with Crippen LogP contribution in [0.2, 0.25) is 5.02 Å². The summed E-state index contributed by atoms with van der Waals surface area (Å²) in [7, 11) is 0. The predicted octanol–water partition coefficient (Wildman–Crippen LogP) is 4.73. The molecular formula is C14H7ClF4O. The fourth-order valence-corrected chi connectivity index (χ4v) is 1.76. The van der Waals surface area contributed by atoms with Gasteiger partial charge in [-0.15, -0.1) is 0 Å². The second kappa shape index (κ2) is 5.25. The Balaban J connectivity index is 2.41. The minimum absolute atomic E-state index is 0.0637. The molecule has 0 fully saturated rings. The number of alkyl halides is 3. The highest BCUT2D eigenvalue weighted by molar-refractivity contribution is 6.30. The first kappa shape index (κ1) is 14.5. The lowest BCUT2D eigenvalue weighted by molar-refractivity contribution is -0.137. The van der Waals surface area contributed by atoms with Crippen LogP contribution in [0.15, 0.2) is 42.5 Å². The Morgan fingerprint density at radius 3 is 2.25 bits per heavy atom. The topological polar surface area (TPSA) is 17.1 Å². The summed E-state index contributed by atoms with van der Waals surface area (Å²) in [6.07, 6.45) is -4.54. The van der Waals surface area contributed by atoms with Gasteiger partial charge in [0.15, 0.2) is 5.78 Å². The summed E-state index contributed by atoms with van der Waals surface area (Å²) < 4.78 is 50.9. The molecule has 0 radical (unpaired) electrons. The van der Waals surface area contributed by atoms with Gasteiger partial charge in [0.25, 0.3) is 0 Å². The summed E-state index contributed by atoms with van der Waals surface area (Å²) in [6, 6.07) is 7.29. The molecule has 0 aromatic heterocycles. The van der Waals surface area contributed by atoms with E-state index < -0.39 is 23.3 Å². The highest BCUT2D eigenvalue weighted by Crippen LogP contribution is 2.30. The Labute approximate surface area is 116 Å². The van der Waals surface area contributed by atoms with E-state index in [4.69, 9.17) is 11.6 Å². The number of hydrogen-bond acceptors (Lipinski definition) is 1. The van der Waals surface area contributed by atoms with Gasteiger partial charge in [0, 0.05) is 11.1 Å². The first-order valence-corrected chi connectivity index (χ1v) is 5.84. The molecule has 0 aliphatic rings. The van der Waals surface area contributed by atoms with Crippen LogP contribution in [-0.4, -0.2) is 5.78 Å². The quantitative estimate of drug-likeness (QED) is 0.579. The van der Waals surface area contributed by atoms with Crippen molar-refractivity contribution in [3.05, 3.63) is 70.0 Å². The lowest BCUT2D eigenvalue weighted by Gasteiger charge is -2.08.